The van der Waals surface area contributed by atoms with Gasteiger partial charge in [-0.05, 0) is 13.3 Å². The minimum absolute atomic E-state index is 0.429. The van der Waals surface area contributed by atoms with E-state index in [2.05, 4.69) is 6.92 Å². The average molecular weight is 518 g/mol. The van der Waals surface area contributed by atoms with Gasteiger partial charge in [0.1, 0.15) is 12.1 Å². The van der Waals surface area contributed by atoms with Gasteiger partial charge in [0, 0.05) is 6.04 Å². The maximum absolute atomic E-state index is 11.7. The number of aliphatic hydroxyl groups is 2. The predicted octanol–water partition coefficient (Wildman–Crippen LogP) is 4.67. The van der Waals surface area contributed by atoms with Crippen LogP contribution >= 0.6 is 0 Å². The quantitative estimate of drug-likeness (QED) is 0.109. The Labute approximate surface area is 216 Å². The highest BCUT2D eigenvalue weighted by atomic mass is 16.4. The van der Waals surface area contributed by atoms with Crippen LogP contribution in [0.5, 0.6) is 0 Å². The topological polar surface area (TPSA) is 156 Å². The maximum Gasteiger partial charge on any atom is 0.334 e. The van der Waals surface area contributed by atoms with E-state index in [0.29, 0.717) is 12.8 Å². The van der Waals surface area contributed by atoms with Gasteiger partial charge in [-0.3, -0.25) is 14.5 Å². The van der Waals surface area contributed by atoms with Gasteiger partial charge in [-0.15, -0.1) is 0 Å². The van der Waals surface area contributed by atoms with Crippen molar-refractivity contribution in [1.82, 2.24) is 4.90 Å². The van der Waals surface area contributed by atoms with Crippen LogP contribution in [0.3, 0.4) is 0 Å². The van der Waals surface area contributed by atoms with Crippen LogP contribution in [-0.2, 0) is 14.4 Å². The molecule has 4 unspecified atom stereocenters. The molecule has 5 N–H and O–H groups in total. The van der Waals surface area contributed by atoms with Crippen LogP contribution in [0.4, 0.5) is 0 Å². The summed E-state index contributed by atoms with van der Waals surface area (Å²) in [5.74, 6) is -4.88. The van der Waals surface area contributed by atoms with Gasteiger partial charge in [-0.2, -0.15) is 0 Å². The fourth-order valence-electron chi connectivity index (χ4n) is 4.77. The fraction of sp³-hybridized carbons (Fsp3) is 0.889. The van der Waals surface area contributed by atoms with E-state index in [1.54, 1.807) is 6.92 Å². The van der Waals surface area contributed by atoms with E-state index in [4.69, 9.17) is 5.11 Å². The third kappa shape index (κ3) is 14.8. The Morgan fingerprint density at radius 1 is 0.639 bits per heavy atom. The summed E-state index contributed by atoms with van der Waals surface area (Å²) in [7, 11) is 0. The molecule has 0 rings (SSSR count). The summed E-state index contributed by atoms with van der Waals surface area (Å²) in [6.45, 7) is 2.94. The van der Waals surface area contributed by atoms with Crippen molar-refractivity contribution in [1.29, 1.82) is 0 Å². The standard InChI is InChI=1S/C27H51NO8/c1-3-4-5-6-7-8-9-10-11-12-13-14-15-16-17-18-19-21(2)28(22(20-29)25(31)32)23(26(33)34)24(30)27(35)36/h21-24,29-30H,3-20H2,1-2H3,(H,31,32)(H,33,34)(H,35,36). The van der Waals surface area contributed by atoms with Crippen molar-refractivity contribution in [3.8, 4) is 0 Å². The van der Waals surface area contributed by atoms with Gasteiger partial charge in [0.15, 0.2) is 6.10 Å². The lowest BCUT2D eigenvalue weighted by atomic mass is 9.99. The maximum atomic E-state index is 11.7. The summed E-state index contributed by atoms with van der Waals surface area (Å²) in [4.78, 5) is 35.4. The van der Waals surface area contributed by atoms with Crippen molar-refractivity contribution in [2.75, 3.05) is 6.61 Å². The van der Waals surface area contributed by atoms with Gasteiger partial charge in [0.05, 0.1) is 6.61 Å². The molecule has 0 radical (unpaired) electrons. The van der Waals surface area contributed by atoms with Crippen molar-refractivity contribution in [3.05, 3.63) is 0 Å². The average Bonchev–Trinajstić information content (AvgIpc) is 2.82. The largest absolute Gasteiger partial charge is 0.480 e. The molecule has 0 aliphatic carbocycles. The Morgan fingerprint density at radius 2 is 1.03 bits per heavy atom. The molecule has 0 heterocycles. The van der Waals surface area contributed by atoms with Crippen LogP contribution in [-0.4, -0.2) is 79.2 Å². The molecule has 0 aromatic rings. The first-order valence-corrected chi connectivity index (χ1v) is 13.9. The molecule has 212 valence electrons. The number of aliphatic hydroxyl groups excluding tert-OH is 2. The second-order valence-electron chi connectivity index (χ2n) is 9.99. The molecular weight excluding hydrogens is 466 g/mol. The van der Waals surface area contributed by atoms with Crippen molar-refractivity contribution in [2.45, 2.75) is 147 Å². The molecule has 0 saturated carbocycles. The summed E-state index contributed by atoms with van der Waals surface area (Å²) < 4.78 is 0. The van der Waals surface area contributed by atoms with Crippen LogP contribution in [0.1, 0.15) is 123 Å². The molecule has 4 atom stereocenters. The summed E-state index contributed by atoms with van der Waals surface area (Å²) in [6, 6.07) is -4.26. The van der Waals surface area contributed by atoms with E-state index in [9.17, 15) is 34.8 Å². The van der Waals surface area contributed by atoms with E-state index in [1.165, 1.54) is 77.0 Å². The molecule has 0 aromatic carbocycles. The number of nitrogens with zero attached hydrogens (tertiary/aromatic N) is 1. The van der Waals surface area contributed by atoms with E-state index >= 15 is 0 Å². The number of unbranched alkanes of at least 4 members (excludes halogenated alkanes) is 15. The molecule has 0 aliphatic rings. The van der Waals surface area contributed by atoms with Crippen molar-refractivity contribution in [3.63, 3.8) is 0 Å². The first-order valence-electron chi connectivity index (χ1n) is 13.9. The van der Waals surface area contributed by atoms with Crippen molar-refractivity contribution < 1.29 is 39.9 Å². The number of carboxylic acid groups (broad SMARTS) is 3. The summed E-state index contributed by atoms with van der Waals surface area (Å²) in [5, 5.41) is 47.5. The molecule has 0 aromatic heterocycles. The van der Waals surface area contributed by atoms with E-state index in [-0.39, 0.29) is 0 Å². The molecular formula is C27H51NO8. The Hall–Kier alpha value is -1.71. The predicted molar refractivity (Wildman–Crippen MR) is 139 cm³/mol. The number of aliphatic carboxylic acids is 3. The van der Waals surface area contributed by atoms with Gasteiger partial charge in [0.2, 0.25) is 0 Å². The number of hydrogen-bond acceptors (Lipinski definition) is 6. The minimum atomic E-state index is -2.32. The highest BCUT2D eigenvalue weighted by Gasteiger charge is 2.44. The number of rotatable bonds is 25. The number of hydrogen-bond donors (Lipinski definition) is 5. The summed E-state index contributed by atoms with van der Waals surface area (Å²) >= 11 is 0. The van der Waals surface area contributed by atoms with Crippen molar-refractivity contribution >= 4 is 17.9 Å². The highest BCUT2D eigenvalue weighted by molar-refractivity contribution is 5.85. The molecule has 0 bridgehead atoms. The fourth-order valence-corrected chi connectivity index (χ4v) is 4.77. The van der Waals surface area contributed by atoms with Gasteiger partial charge in [-0.1, -0.05) is 110 Å². The third-order valence-electron chi connectivity index (χ3n) is 6.93. The lowest BCUT2D eigenvalue weighted by Crippen LogP contribution is -2.61. The van der Waals surface area contributed by atoms with Gasteiger partial charge in [-0.25, -0.2) is 4.79 Å². The number of carbonyl (C=O) groups is 3. The van der Waals surface area contributed by atoms with Crippen LogP contribution < -0.4 is 0 Å². The first-order chi connectivity index (χ1) is 17.2. The zero-order valence-corrected chi connectivity index (χ0v) is 22.4. The second kappa shape index (κ2) is 21.4. The number of carboxylic acids is 3. The summed E-state index contributed by atoms with van der Waals surface area (Å²) in [6.07, 6.45) is 17.6. The van der Waals surface area contributed by atoms with Crippen LogP contribution in [0.2, 0.25) is 0 Å². The monoisotopic (exact) mass is 517 g/mol. The Bertz CT molecular complexity index is 600. The van der Waals surface area contributed by atoms with Crippen LogP contribution in [0.25, 0.3) is 0 Å². The Balaban J connectivity index is 4.26. The molecule has 9 nitrogen and oxygen atoms in total. The highest BCUT2D eigenvalue weighted by Crippen LogP contribution is 2.21. The molecule has 9 heteroatoms. The zero-order chi connectivity index (χ0) is 27.3. The Kier molecular flexibility index (Phi) is 20.4. The lowest BCUT2D eigenvalue weighted by molar-refractivity contribution is -0.169. The van der Waals surface area contributed by atoms with Crippen LogP contribution in [0, 0.1) is 0 Å². The van der Waals surface area contributed by atoms with Gasteiger partial charge in [0.25, 0.3) is 0 Å². The normalized spacial score (nSPS) is 14.9. The SMILES string of the molecule is CCCCCCCCCCCCCCCCCCC(C)N(C(CO)C(=O)O)C(C(=O)O)C(O)C(=O)O. The molecule has 0 aliphatic heterocycles. The molecule has 0 fully saturated rings. The molecule has 0 amide bonds. The smallest absolute Gasteiger partial charge is 0.334 e. The molecule has 36 heavy (non-hydrogen) atoms. The van der Waals surface area contributed by atoms with E-state index < -0.39 is 48.7 Å². The molecule has 0 saturated heterocycles. The van der Waals surface area contributed by atoms with Gasteiger partial charge < -0.3 is 25.5 Å². The minimum Gasteiger partial charge on any atom is -0.480 e. The van der Waals surface area contributed by atoms with Gasteiger partial charge >= 0.3 is 17.9 Å². The molecule has 0 spiro atoms. The second-order valence-corrected chi connectivity index (χ2v) is 9.99. The van der Waals surface area contributed by atoms with E-state index in [1.807, 2.05) is 0 Å². The van der Waals surface area contributed by atoms with Crippen LogP contribution in [0.15, 0.2) is 0 Å². The lowest BCUT2D eigenvalue weighted by Gasteiger charge is -2.38. The third-order valence-corrected chi connectivity index (χ3v) is 6.93. The van der Waals surface area contributed by atoms with Crippen molar-refractivity contribution in [2.24, 2.45) is 0 Å². The van der Waals surface area contributed by atoms with E-state index in [0.717, 1.165) is 24.2 Å². The zero-order valence-electron chi connectivity index (χ0n) is 22.4. The first kappa shape index (κ1) is 34.3. The Morgan fingerprint density at radius 3 is 1.33 bits per heavy atom. The summed E-state index contributed by atoms with van der Waals surface area (Å²) in [5.41, 5.74) is 0.